The van der Waals surface area contributed by atoms with Gasteiger partial charge in [-0.3, -0.25) is 4.79 Å². The van der Waals surface area contributed by atoms with Crippen LogP contribution in [0.25, 0.3) is 6.08 Å². The van der Waals surface area contributed by atoms with E-state index in [0.29, 0.717) is 12.0 Å². The van der Waals surface area contributed by atoms with Crippen molar-refractivity contribution in [2.45, 2.75) is 27.2 Å². The van der Waals surface area contributed by atoms with Crippen LogP contribution in [0, 0.1) is 20.8 Å². The van der Waals surface area contributed by atoms with E-state index in [9.17, 15) is 9.59 Å². The smallest absolute Gasteiger partial charge is 0.338 e. The van der Waals surface area contributed by atoms with Crippen LogP contribution in [-0.4, -0.2) is 18.9 Å². The summed E-state index contributed by atoms with van der Waals surface area (Å²) in [5.74, 6) is -0.324. The number of hydrogen-bond acceptors (Lipinski definition) is 3. The van der Waals surface area contributed by atoms with E-state index in [2.05, 4.69) is 6.07 Å². The molecule has 2 aromatic carbocycles. The molecule has 1 aliphatic rings. The van der Waals surface area contributed by atoms with Gasteiger partial charge in [0.25, 0.3) is 0 Å². The molecule has 0 unspecified atom stereocenters. The molecular weight excluding hydrogens is 300 g/mol. The van der Waals surface area contributed by atoms with Crippen LogP contribution in [0.3, 0.4) is 0 Å². The number of ether oxygens (including phenoxy) is 1. The summed E-state index contributed by atoms with van der Waals surface area (Å²) in [5.41, 5.74) is 6.84. The Kier molecular flexibility index (Phi) is 4.10. The molecule has 3 nitrogen and oxygen atoms in total. The number of carbonyl (C=O) groups excluding carboxylic acids is 2. The highest BCUT2D eigenvalue weighted by Crippen LogP contribution is 2.32. The summed E-state index contributed by atoms with van der Waals surface area (Å²) in [5, 5.41) is 0. The first-order valence-corrected chi connectivity index (χ1v) is 7.95. The van der Waals surface area contributed by atoms with E-state index >= 15 is 0 Å². The minimum atomic E-state index is -0.380. The first-order valence-electron chi connectivity index (χ1n) is 7.95. The third-order valence-corrected chi connectivity index (χ3v) is 4.49. The molecule has 122 valence electrons. The van der Waals surface area contributed by atoms with Crippen molar-refractivity contribution < 1.29 is 14.3 Å². The predicted molar refractivity (Wildman–Crippen MR) is 94.4 cm³/mol. The SMILES string of the molecule is COC(=O)c1c(C)cccc1/C=C1\Cc2cc(C)cc(C)c2C1=O. The van der Waals surface area contributed by atoms with E-state index in [1.54, 1.807) is 0 Å². The zero-order valence-electron chi connectivity index (χ0n) is 14.4. The first-order chi connectivity index (χ1) is 11.4. The van der Waals surface area contributed by atoms with Crippen LogP contribution in [-0.2, 0) is 11.2 Å². The van der Waals surface area contributed by atoms with Gasteiger partial charge in [-0.15, -0.1) is 0 Å². The molecule has 0 atom stereocenters. The highest BCUT2D eigenvalue weighted by atomic mass is 16.5. The first kappa shape index (κ1) is 16.2. The zero-order valence-corrected chi connectivity index (χ0v) is 14.4. The van der Waals surface area contributed by atoms with Gasteiger partial charge in [0.05, 0.1) is 12.7 Å². The number of rotatable bonds is 2. The minimum Gasteiger partial charge on any atom is -0.465 e. The van der Waals surface area contributed by atoms with E-state index in [1.165, 1.54) is 7.11 Å². The Labute approximate surface area is 142 Å². The molecule has 0 bridgehead atoms. The molecular formula is C21H20O3. The third kappa shape index (κ3) is 2.67. The highest BCUT2D eigenvalue weighted by Gasteiger charge is 2.27. The summed E-state index contributed by atoms with van der Waals surface area (Å²) in [4.78, 5) is 24.9. The van der Waals surface area contributed by atoms with E-state index in [4.69, 9.17) is 4.74 Å². The third-order valence-electron chi connectivity index (χ3n) is 4.49. The van der Waals surface area contributed by atoms with Gasteiger partial charge < -0.3 is 4.74 Å². The van der Waals surface area contributed by atoms with E-state index in [-0.39, 0.29) is 11.8 Å². The summed E-state index contributed by atoms with van der Waals surface area (Å²) < 4.78 is 4.89. The largest absolute Gasteiger partial charge is 0.465 e. The van der Waals surface area contributed by atoms with Crippen molar-refractivity contribution in [1.29, 1.82) is 0 Å². The lowest BCUT2D eigenvalue weighted by molar-refractivity contribution is 0.0599. The Bertz CT molecular complexity index is 888. The fourth-order valence-corrected chi connectivity index (χ4v) is 3.46. The number of Topliss-reactive ketones (excluding diaryl/α,β-unsaturated/α-hetero) is 1. The van der Waals surface area contributed by atoms with E-state index in [1.807, 2.05) is 51.1 Å². The van der Waals surface area contributed by atoms with Crippen LogP contribution < -0.4 is 0 Å². The number of benzene rings is 2. The molecule has 0 saturated carbocycles. The van der Waals surface area contributed by atoms with Gasteiger partial charge in [0.2, 0.25) is 0 Å². The summed E-state index contributed by atoms with van der Waals surface area (Å²) in [6, 6.07) is 9.70. The molecule has 3 rings (SSSR count). The topological polar surface area (TPSA) is 43.4 Å². The van der Waals surface area contributed by atoms with Crippen LogP contribution in [0.1, 0.15) is 48.5 Å². The Hall–Kier alpha value is -2.68. The highest BCUT2D eigenvalue weighted by molar-refractivity contribution is 6.16. The van der Waals surface area contributed by atoms with Gasteiger partial charge in [0, 0.05) is 17.6 Å². The number of aryl methyl sites for hydroxylation is 3. The fourth-order valence-electron chi connectivity index (χ4n) is 3.46. The molecule has 0 N–H and O–H groups in total. The van der Waals surface area contributed by atoms with Gasteiger partial charge in [0.1, 0.15) is 0 Å². The van der Waals surface area contributed by atoms with Crippen molar-refractivity contribution in [2.24, 2.45) is 0 Å². The second-order valence-corrected chi connectivity index (χ2v) is 6.32. The molecule has 0 amide bonds. The molecule has 3 heteroatoms. The van der Waals surface area contributed by atoms with E-state index < -0.39 is 0 Å². The van der Waals surface area contributed by atoms with Gasteiger partial charge in [-0.1, -0.05) is 35.9 Å². The zero-order chi connectivity index (χ0) is 17.4. The number of ketones is 1. The molecule has 0 aromatic heterocycles. The average Bonchev–Trinajstić information content (AvgIpc) is 2.83. The number of allylic oxidation sites excluding steroid dienone is 1. The summed E-state index contributed by atoms with van der Waals surface area (Å²) in [6.45, 7) is 5.88. The lowest BCUT2D eigenvalue weighted by Crippen LogP contribution is -2.07. The van der Waals surface area contributed by atoms with Gasteiger partial charge in [0.15, 0.2) is 5.78 Å². The number of esters is 1. The summed E-state index contributed by atoms with van der Waals surface area (Å²) in [6.07, 6.45) is 2.43. The van der Waals surface area contributed by atoms with Crippen molar-refractivity contribution in [3.8, 4) is 0 Å². The average molecular weight is 320 g/mol. The molecule has 0 saturated heterocycles. The van der Waals surface area contributed by atoms with Crippen LogP contribution in [0.2, 0.25) is 0 Å². The van der Waals surface area contributed by atoms with Crippen LogP contribution in [0.5, 0.6) is 0 Å². The lowest BCUT2D eigenvalue weighted by Gasteiger charge is -2.08. The van der Waals surface area contributed by atoms with Crippen molar-refractivity contribution in [1.82, 2.24) is 0 Å². The van der Waals surface area contributed by atoms with Crippen LogP contribution in [0.15, 0.2) is 35.9 Å². The van der Waals surface area contributed by atoms with Crippen molar-refractivity contribution >= 4 is 17.8 Å². The molecule has 2 aromatic rings. The predicted octanol–water partition coefficient (Wildman–Crippen LogP) is 4.22. The minimum absolute atomic E-state index is 0.0554. The van der Waals surface area contributed by atoms with Gasteiger partial charge >= 0.3 is 5.97 Å². The lowest BCUT2D eigenvalue weighted by atomic mass is 9.98. The van der Waals surface area contributed by atoms with Crippen molar-refractivity contribution in [2.75, 3.05) is 7.11 Å². The van der Waals surface area contributed by atoms with Crippen LogP contribution in [0.4, 0.5) is 0 Å². The number of carbonyl (C=O) groups is 2. The molecule has 0 radical (unpaired) electrons. The fraction of sp³-hybridized carbons (Fsp3) is 0.238. The summed E-state index contributed by atoms with van der Waals surface area (Å²) in [7, 11) is 1.37. The monoisotopic (exact) mass is 320 g/mol. The van der Waals surface area contributed by atoms with Gasteiger partial charge in [-0.2, -0.15) is 0 Å². The Morgan fingerprint density at radius 3 is 2.58 bits per heavy atom. The Balaban J connectivity index is 2.09. The second-order valence-electron chi connectivity index (χ2n) is 6.32. The maximum Gasteiger partial charge on any atom is 0.338 e. The Morgan fingerprint density at radius 1 is 1.12 bits per heavy atom. The maximum atomic E-state index is 12.8. The van der Waals surface area contributed by atoms with Crippen LogP contribution >= 0.6 is 0 Å². The summed E-state index contributed by atoms with van der Waals surface area (Å²) >= 11 is 0. The number of hydrogen-bond donors (Lipinski definition) is 0. The van der Waals surface area contributed by atoms with Crippen molar-refractivity contribution in [3.05, 3.63) is 74.8 Å². The molecule has 0 fully saturated rings. The quantitative estimate of drug-likeness (QED) is 0.614. The molecule has 24 heavy (non-hydrogen) atoms. The molecule has 1 aliphatic carbocycles. The number of methoxy groups -OCH3 is 1. The van der Waals surface area contributed by atoms with E-state index in [0.717, 1.165) is 39.0 Å². The molecule has 0 heterocycles. The molecule has 0 aliphatic heterocycles. The van der Waals surface area contributed by atoms with Gasteiger partial charge in [-0.05, 0) is 49.1 Å². The number of fused-ring (bicyclic) bond motifs is 1. The maximum absolute atomic E-state index is 12.8. The normalized spacial score (nSPS) is 14.8. The Morgan fingerprint density at radius 2 is 1.88 bits per heavy atom. The van der Waals surface area contributed by atoms with Gasteiger partial charge in [-0.25, -0.2) is 4.79 Å². The second kappa shape index (κ2) is 6.08. The molecule has 0 spiro atoms. The van der Waals surface area contributed by atoms with Crippen molar-refractivity contribution in [3.63, 3.8) is 0 Å². The standard InChI is InChI=1S/C21H20O3/c1-12-8-14(3)18-16(9-12)11-17(20(18)22)10-15-7-5-6-13(2)19(15)21(23)24-4/h5-10H,11H2,1-4H3/b17-10+.